The molecule has 0 bridgehead atoms. The second-order valence-corrected chi connectivity index (χ2v) is 15.1. The van der Waals surface area contributed by atoms with Crippen molar-refractivity contribution in [2.75, 3.05) is 19.8 Å². The SMILES string of the molecule is CC/C=C\C/C=C\C/C=C\C/C=C\C/C=C\C/C=C\CCCCCCCCC(=O)OC(CO)COCCCCCCCCCCCCCCCCCCC. The average molecular weight is 753 g/mol. The van der Waals surface area contributed by atoms with Gasteiger partial charge in [0.1, 0.15) is 6.10 Å². The van der Waals surface area contributed by atoms with E-state index in [0.29, 0.717) is 13.0 Å². The fourth-order valence-electron chi connectivity index (χ4n) is 6.39. The minimum Gasteiger partial charge on any atom is -0.457 e. The zero-order valence-corrected chi connectivity index (χ0v) is 35.7. The van der Waals surface area contributed by atoms with E-state index in [0.717, 1.165) is 70.6 Å². The molecule has 312 valence electrons. The first kappa shape index (κ1) is 51.8. The molecule has 0 saturated heterocycles. The molecule has 0 heterocycles. The van der Waals surface area contributed by atoms with Gasteiger partial charge in [-0.2, -0.15) is 0 Å². The van der Waals surface area contributed by atoms with E-state index >= 15 is 0 Å². The lowest BCUT2D eigenvalue weighted by Gasteiger charge is -2.16. The summed E-state index contributed by atoms with van der Waals surface area (Å²) in [5.74, 6) is -0.215. The number of allylic oxidation sites excluding steroid dienone is 12. The van der Waals surface area contributed by atoms with E-state index in [4.69, 9.17) is 9.47 Å². The molecule has 0 rings (SSSR count). The van der Waals surface area contributed by atoms with E-state index in [1.807, 2.05) is 0 Å². The van der Waals surface area contributed by atoms with Gasteiger partial charge >= 0.3 is 5.97 Å². The van der Waals surface area contributed by atoms with Gasteiger partial charge < -0.3 is 14.6 Å². The molecule has 0 aromatic rings. The molecule has 0 aromatic carbocycles. The van der Waals surface area contributed by atoms with E-state index in [9.17, 15) is 9.90 Å². The van der Waals surface area contributed by atoms with Crippen molar-refractivity contribution < 1.29 is 19.4 Å². The number of carbonyl (C=O) groups is 1. The number of hydrogen-bond donors (Lipinski definition) is 1. The number of hydrogen-bond acceptors (Lipinski definition) is 4. The maximum Gasteiger partial charge on any atom is 0.306 e. The number of unbranched alkanes of at least 4 members (excludes halogenated alkanes) is 22. The van der Waals surface area contributed by atoms with Crippen molar-refractivity contribution >= 4 is 5.97 Å². The highest BCUT2D eigenvalue weighted by Gasteiger charge is 2.13. The quantitative estimate of drug-likeness (QED) is 0.0383. The monoisotopic (exact) mass is 753 g/mol. The predicted molar refractivity (Wildman–Crippen MR) is 237 cm³/mol. The summed E-state index contributed by atoms with van der Waals surface area (Å²) in [7, 11) is 0. The summed E-state index contributed by atoms with van der Waals surface area (Å²) in [6.45, 7) is 5.23. The molecular weight excluding hydrogens is 665 g/mol. The van der Waals surface area contributed by atoms with Crippen LogP contribution in [0.4, 0.5) is 0 Å². The molecule has 0 aliphatic heterocycles. The lowest BCUT2D eigenvalue weighted by atomic mass is 10.0. The van der Waals surface area contributed by atoms with Gasteiger partial charge in [-0.15, -0.1) is 0 Å². The number of carbonyl (C=O) groups excluding carboxylic acids is 1. The predicted octanol–water partition coefficient (Wildman–Crippen LogP) is 15.4. The smallest absolute Gasteiger partial charge is 0.306 e. The normalized spacial score (nSPS) is 13.0. The Balaban J connectivity index is 3.50. The van der Waals surface area contributed by atoms with Crippen LogP contribution in [0.2, 0.25) is 0 Å². The molecule has 1 atom stereocenters. The van der Waals surface area contributed by atoms with Gasteiger partial charge in [-0.25, -0.2) is 0 Å². The summed E-state index contributed by atoms with van der Waals surface area (Å²) in [6.07, 6.45) is 64.0. The first-order valence-corrected chi connectivity index (χ1v) is 23.0. The van der Waals surface area contributed by atoms with Gasteiger partial charge in [0.25, 0.3) is 0 Å². The summed E-state index contributed by atoms with van der Waals surface area (Å²) in [4.78, 5) is 12.2. The molecule has 4 nitrogen and oxygen atoms in total. The molecular formula is C50H88O4. The molecule has 0 fully saturated rings. The Morgan fingerprint density at radius 3 is 1.26 bits per heavy atom. The fraction of sp³-hybridized carbons (Fsp3) is 0.740. The third-order valence-electron chi connectivity index (χ3n) is 9.80. The minimum atomic E-state index is -0.544. The third kappa shape index (κ3) is 44.2. The topological polar surface area (TPSA) is 55.8 Å². The summed E-state index contributed by atoms with van der Waals surface area (Å²) in [6, 6.07) is 0. The number of esters is 1. The van der Waals surface area contributed by atoms with Crippen LogP contribution < -0.4 is 0 Å². The average Bonchev–Trinajstić information content (AvgIpc) is 3.18. The summed E-state index contributed by atoms with van der Waals surface area (Å²) in [5, 5.41) is 9.62. The molecule has 1 unspecified atom stereocenters. The second kappa shape index (κ2) is 47.0. The van der Waals surface area contributed by atoms with E-state index in [1.54, 1.807) is 0 Å². The van der Waals surface area contributed by atoms with Crippen LogP contribution in [0.5, 0.6) is 0 Å². The van der Waals surface area contributed by atoms with Gasteiger partial charge in [0.15, 0.2) is 0 Å². The maximum absolute atomic E-state index is 12.2. The van der Waals surface area contributed by atoms with Gasteiger partial charge in [-0.3, -0.25) is 4.79 Å². The maximum atomic E-state index is 12.2. The molecule has 0 spiro atoms. The standard InChI is InChI=1S/C50H88O4/c1-3-5-7-9-11-13-15-17-19-21-22-23-24-25-26-27-28-29-31-33-35-37-39-41-43-45-50(52)54-49(47-51)48-53-46-44-42-40-38-36-34-32-30-20-18-16-14-12-10-8-6-4-2/h5,7,11,13,17,19,22-23,25-26,28-29,49,51H,3-4,6,8-10,12,14-16,18,20-21,24,27,30-48H2,1-2H3/b7-5-,13-11-,19-17-,23-22-,26-25-,29-28-. The lowest BCUT2D eigenvalue weighted by molar-refractivity contribution is -0.154. The van der Waals surface area contributed by atoms with Gasteiger partial charge in [0, 0.05) is 13.0 Å². The second-order valence-electron chi connectivity index (χ2n) is 15.1. The molecule has 0 aliphatic rings. The van der Waals surface area contributed by atoms with Crippen molar-refractivity contribution in [3.05, 3.63) is 72.9 Å². The Hall–Kier alpha value is -2.17. The number of aliphatic hydroxyl groups excluding tert-OH is 1. The van der Waals surface area contributed by atoms with Crippen molar-refractivity contribution in [3.8, 4) is 0 Å². The molecule has 0 radical (unpaired) electrons. The Bertz CT molecular complexity index is 927. The van der Waals surface area contributed by atoms with Gasteiger partial charge in [0.2, 0.25) is 0 Å². The summed E-state index contributed by atoms with van der Waals surface area (Å²) >= 11 is 0. The van der Waals surface area contributed by atoms with E-state index < -0.39 is 6.10 Å². The van der Waals surface area contributed by atoms with E-state index in [1.165, 1.54) is 122 Å². The number of ether oxygens (including phenoxy) is 2. The Morgan fingerprint density at radius 1 is 0.463 bits per heavy atom. The summed E-state index contributed by atoms with van der Waals surface area (Å²) in [5.41, 5.74) is 0. The van der Waals surface area contributed by atoms with Gasteiger partial charge in [0.05, 0.1) is 13.2 Å². The van der Waals surface area contributed by atoms with Crippen LogP contribution in [0.15, 0.2) is 72.9 Å². The van der Waals surface area contributed by atoms with Crippen LogP contribution in [0.25, 0.3) is 0 Å². The van der Waals surface area contributed by atoms with Gasteiger partial charge in [-0.05, 0) is 64.2 Å². The molecule has 0 amide bonds. The first-order valence-electron chi connectivity index (χ1n) is 23.0. The molecule has 1 N–H and O–H groups in total. The number of aliphatic hydroxyl groups is 1. The van der Waals surface area contributed by atoms with Crippen molar-refractivity contribution in [2.24, 2.45) is 0 Å². The fourth-order valence-corrected chi connectivity index (χ4v) is 6.39. The molecule has 0 aliphatic carbocycles. The molecule has 0 aromatic heterocycles. The van der Waals surface area contributed by atoms with Crippen LogP contribution in [-0.4, -0.2) is 37.0 Å². The highest BCUT2D eigenvalue weighted by atomic mass is 16.6. The van der Waals surface area contributed by atoms with Gasteiger partial charge in [-0.1, -0.05) is 215 Å². The van der Waals surface area contributed by atoms with Crippen molar-refractivity contribution in [1.82, 2.24) is 0 Å². The van der Waals surface area contributed by atoms with E-state index in [2.05, 4.69) is 86.8 Å². The van der Waals surface area contributed by atoms with Crippen LogP contribution in [0.1, 0.15) is 213 Å². The summed E-state index contributed by atoms with van der Waals surface area (Å²) < 4.78 is 11.2. The van der Waals surface area contributed by atoms with Crippen molar-refractivity contribution in [1.29, 1.82) is 0 Å². The van der Waals surface area contributed by atoms with Crippen molar-refractivity contribution in [3.63, 3.8) is 0 Å². The van der Waals surface area contributed by atoms with Crippen LogP contribution >= 0.6 is 0 Å². The Labute approximate surface area is 336 Å². The highest BCUT2D eigenvalue weighted by Crippen LogP contribution is 2.15. The largest absolute Gasteiger partial charge is 0.457 e. The Kier molecular flexibility index (Phi) is 45.1. The zero-order chi connectivity index (χ0) is 39.1. The van der Waals surface area contributed by atoms with Crippen LogP contribution in [-0.2, 0) is 14.3 Å². The minimum absolute atomic E-state index is 0.179. The third-order valence-corrected chi connectivity index (χ3v) is 9.80. The zero-order valence-electron chi connectivity index (χ0n) is 35.7. The molecule has 4 heteroatoms. The molecule has 0 saturated carbocycles. The first-order chi connectivity index (χ1) is 26.7. The number of rotatable bonds is 42. The van der Waals surface area contributed by atoms with Crippen molar-refractivity contribution in [2.45, 2.75) is 219 Å². The lowest BCUT2D eigenvalue weighted by Crippen LogP contribution is -2.27. The Morgan fingerprint density at radius 2 is 0.833 bits per heavy atom. The van der Waals surface area contributed by atoms with Crippen LogP contribution in [0, 0.1) is 0 Å². The highest BCUT2D eigenvalue weighted by molar-refractivity contribution is 5.69. The molecule has 54 heavy (non-hydrogen) atoms. The van der Waals surface area contributed by atoms with Crippen LogP contribution in [0.3, 0.4) is 0 Å². The van der Waals surface area contributed by atoms with E-state index in [-0.39, 0.29) is 19.2 Å².